The standard InChI is InChI=1S/C25H30N2O5/c1-5-27(16(4)24(29)30)23(28)22(15(2)3)26-25(31)32-14-21-19-12-8-6-10-17(19)18-11-7-9-13-20(18)21/h6-13,15-16,21-22H,5,14H2,1-4H3,(H,26,31)(H,29,30)/t16-,22-/m0/s1. The number of rotatable bonds is 8. The second kappa shape index (κ2) is 9.85. The summed E-state index contributed by atoms with van der Waals surface area (Å²) in [6.45, 7) is 7.12. The minimum Gasteiger partial charge on any atom is -0.480 e. The van der Waals surface area contributed by atoms with E-state index in [2.05, 4.69) is 17.4 Å². The van der Waals surface area contributed by atoms with E-state index in [-0.39, 0.29) is 25.0 Å². The van der Waals surface area contributed by atoms with Crippen LogP contribution in [0.25, 0.3) is 11.1 Å². The summed E-state index contributed by atoms with van der Waals surface area (Å²) in [4.78, 5) is 38.2. The van der Waals surface area contributed by atoms with Crippen LogP contribution in [0.2, 0.25) is 0 Å². The lowest BCUT2D eigenvalue weighted by Gasteiger charge is -2.31. The quantitative estimate of drug-likeness (QED) is 0.652. The topological polar surface area (TPSA) is 95.9 Å². The van der Waals surface area contributed by atoms with Crippen molar-refractivity contribution in [2.24, 2.45) is 5.92 Å². The first-order chi connectivity index (χ1) is 15.3. The molecule has 0 unspecified atom stereocenters. The molecule has 2 aromatic rings. The van der Waals surface area contributed by atoms with E-state index >= 15 is 0 Å². The summed E-state index contributed by atoms with van der Waals surface area (Å²) in [5.41, 5.74) is 4.47. The Hall–Kier alpha value is -3.35. The number of nitrogens with zero attached hydrogens (tertiary/aromatic N) is 1. The van der Waals surface area contributed by atoms with Gasteiger partial charge in [-0.15, -0.1) is 0 Å². The maximum Gasteiger partial charge on any atom is 0.407 e. The highest BCUT2D eigenvalue weighted by molar-refractivity contribution is 5.89. The zero-order chi connectivity index (χ0) is 23.4. The van der Waals surface area contributed by atoms with E-state index in [1.54, 1.807) is 20.8 Å². The maximum absolute atomic E-state index is 13.0. The Bertz CT molecular complexity index is 958. The Morgan fingerprint density at radius 2 is 1.53 bits per heavy atom. The summed E-state index contributed by atoms with van der Waals surface area (Å²) in [6.07, 6.45) is -0.696. The van der Waals surface area contributed by atoms with Crippen LogP contribution in [0.15, 0.2) is 48.5 Å². The Labute approximate surface area is 188 Å². The third-order valence-electron chi connectivity index (χ3n) is 6.00. The summed E-state index contributed by atoms with van der Waals surface area (Å²) in [5.74, 6) is -1.85. The molecular formula is C25H30N2O5. The number of alkyl carbamates (subject to hydrolysis) is 1. The molecule has 0 spiro atoms. The van der Waals surface area contributed by atoms with E-state index in [9.17, 15) is 19.5 Å². The van der Waals surface area contributed by atoms with Crippen LogP contribution in [-0.2, 0) is 14.3 Å². The van der Waals surface area contributed by atoms with Crippen LogP contribution in [-0.4, -0.2) is 53.2 Å². The van der Waals surface area contributed by atoms with Crippen LogP contribution in [0.4, 0.5) is 4.79 Å². The zero-order valence-corrected chi connectivity index (χ0v) is 18.9. The van der Waals surface area contributed by atoms with Crippen LogP contribution in [0.1, 0.15) is 44.7 Å². The molecule has 2 aromatic carbocycles. The van der Waals surface area contributed by atoms with Gasteiger partial charge in [0, 0.05) is 12.5 Å². The lowest BCUT2D eigenvalue weighted by Crippen LogP contribution is -2.55. The lowest BCUT2D eigenvalue weighted by molar-refractivity contribution is -0.150. The highest BCUT2D eigenvalue weighted by Crippen LogP contribution is 2.44. The Balaban J connectivity index is 1.70. The van der Waals surface area contributed by atoms with Crippen molar-refractivity contribution in [2.45, 2.75) is 45.7 Å². The number of amides is 2. The normalized spacial score (nSPS) is 14.3. The van der Waals surface area contributed by atoms with E-state index in [1.807, 2.05) is 36.4 Å². The highest BCUT2D eigenvalue weighted by Gasteiger charge is 2.34. The molecule has 32 heavy (non-hydrogen) atoms. The molecule has 0 fully saturated rings. The molecule has 0 aromatic heterocycles. The molecule has 0 saturated carbocycles. The molecule has 3 rings (SSSR count). The van der Waals surface area contributed by atoms with Crippen molar-refractivity contribution in [1.82, 2.24) is 10.2 Å². The number of hydrogen-bond acceptors (Lipinski definition) is 4. The number of carboxylic acids is 1. The molecule has 0 bridgehead atoms. The van der Waals surface area contributed by atoms with Gasteiger partial charge in [-0.3, -0.25) is 4.79 Å². The van der Waals surface area contributed by atoms with E-state index in [0.717, 1.165) is 22.3 Å². The Kier molecular flexibility index (Phi) is 7.18. The van der Waals surface area contributed by atoms with Gasteiger partial charge in [0.05, 0.1) is 0 Å². The van der Waals surface area contributed by atoms with Crippen molar-refractivity contribution in [3.05, 3.63) is 59.7 Å². The van der Waals surface area contributed by atoms with Crippen LogP contribution in [0.3, 0.4) is 0 Å². The average molecular weight is 439 g/mol. The molecule has 0 aliphatic heterocycles. The number of benzene rings is 2. The first kappa shape index (κ1) is 23.3. The van der Waals surface area contributed by atoms with E-state index in [4.69, 9.17) is 4.74 Å². The molecule has 7 heteroatoms. The predicted octanol–water partition coefficient (Wildman–Crippen LogP) is 3.87. The van der Waals surface area contributed by atoms with Crippen molar-refractivity contribution in [2.75, 3.05) is 13.2 Å². The maximum atomic E-state index is 13.0. The Morgan fingerprint density at radius 3 is 2.00 bits per heavy atom. The third-order valence-corrected chi connectivity index (χ3v) is 6.00. The first-order valence-corrected chi connectivity index (χ1v) is 10.9. The number of fused-ring (bicyclic) bond motifs is 3. The minimum absolute atomic E-state index is 0.0828. The number of aliphatic carboxylic acids is 1. The second-order valence-corrected chi connectivity index (χ2v) is 8.33. The third kappa shape index (κ3) is 4.61. The highest BCUT2D eigenvalue weighted by atomic mass is 16.5. The van der Waals surface area contributed by atoms with Crippen molar-refractivity contribution in [3.8, 4) is 11.1 Å². The Morgan fingerprint density at radius 1 is 1.00 bits per heavy atom. The number of ether oxygens (including phenoxy) is 1. The van der Waals surface area contributed by atoms with Crippen molar-refractivity contribution in [3.63, 3.8) is 0 Å². The van der Waals surface area contributed by atoms with Crippen molar-refractivity contribution < 1.29 is 24.2 Å². The molecule has 0 heterocycles. The van der Waals surface area contributed by atoms with Gasteiger partial charge in [0.2, 0.25) is 5.91 Å². The minimum atomic E-state index is -1.09. The molecule has 2 amide bonds. The summed E-state index contributed by atoms with van der Waals surface area (Å²) in [7, 11) is 0. The average Bonchev–Trinajstić information content (AvgIpc) is 3.09. The lowest BCUT2D eigenvalue weighted by atomic mass is 9.98. The summed E-state index contributed by atoms with van der Waals surface area (Å²) < 4.78 is 5.55. The van der Waals surface area contributed by atoms with Crippen LogP contribution >= 0.6 is 0 Å². The predicted molar refractivity (Wildman–Crippen MR) is 121 cm³/mol. The first-order valence-electron chi connectivity index (χ1n) is 10.9. The van der Waals surface area contributed by atoms with Crippen molar-refractivity contribution in [1.29, 1.82) is 0 Å². The number of carboxylic acid groups (broad SMARTS) is 1. The van der Waals surface area contributed by atoms with E-state index < -0.39 is 30.1 Å². The molecular weight excluding hydrogens is 408 g/mol. The fraction of sp³-hybridized carbons (Fsp3) is 0.400. The van der Waals surface area contributed by atoms with Gasteiger partial charge < -0.3 is 20.1 Å². The fourth-order valence-electron chi connectivity index (χ4n) is 4.21. The van der Waals surface area contributed by atoms with Gasteiger partial charge in [-0.1, -0.05) is 62.4 Å². The van der Waals surface area contributed by atoms with Gasteiger partial charge in [-0.2, -0.15) is 0 Å². The molecule has 7 nitrogen and oxygen atoms in total. The second-order valence-electron chi connectivity index (χ2n) is 8.33. The number of carbonyl (C=O) groups is 3. The van der Waals surface area contributed by atoms with Gasteiger partial charge in [0.1, 0.15) is 18.7 Å². The molecule has 1 aliphatic rings. The van der Waals surface area contributed by atoms with E-state index in [1.165, 1.54) is 11.8 Å². The molecule has 2 N–H and O–H groups in total. The number of nitrogens with one attached hydrogen (secondary N) is 1. The number of likely N-dealkylation sites (N-methyl/N-ethyl adjacent to an activating group) is 1. The van der Waals surface area contributed by atoms with Crippen LogP contribution in [0.5, 0.6) is 0 Å². The summed E-state index contributed by atoms with van der Waals surface area (Å²) >= 11 is 0. The zero-order valence-electron chi connectivity index (χ0n) is 18.9. The van der Waals surface area contributed by atoms with Gasteiger partial charge in [-0.25, -0.2) is 9.59 Å². The molecule has 1 aliphatic carbocycles. The van der Waals surface area contributed by atoms with Gasteiger partial charge in [0.15, 0.2) is 0 Å². The number of carbonyl (C=O) groups excluding carboxylic acids is 2. The van der Waals surface area contributed by atoms with Crippen LogP contribution in [0, 0.1) is 5.92 Å². The van der Waals surface area contributed by atoms with Gasteiger partial charge in [-0.05, 0) is 42.0 Å². The SMILES string of the molecule is CCN(C(=O)[C@@H](NC(=O)OCC1c2ccccc2-c2ccccc21)C(C)C)[C@@H](C)C(=O)O. The molecule has 0 saturated heterocycles. The summed E-state index contributed by atoms with van der Waals surface area (Å²) in [5, 5.41) is 11.9. The molecule has 170 valence electrons. The monoisotopic (exact) mass is 438 g/mol. The van der Waals surface area contributed by atoms with Crippen molar-refractivity contribution >= 4 is 18.0 Å². The molecule has 0 radical (unpaired) electrons. The molecule has 2 atom stereocenters. The van der Waals surface area contributed by atoms with Gasteiger partial charge >= 0.3 is 12.1 Å². The summed E-state index contributed by atoms with van der Waals surface area (Å²) in [6, 6.07) is 14.2. The fourth-order valence-corrected chi connectivity index (χ4v) is 4.21. The smallest absolute Gasteiger partial charge is 0.407 e. The van der Waals surface area contributed by atoms with Crippen LogP contribution < -0.4 is 5.32 Å². The van der Waals surface area contributed by atoms with E-state index in [0.29, 0.717) is 0 Å². The number of hydrogen-bond donors (Lipinski definition) is 2. The van der Waals surface area contributed by atoms with Gasteiger partial charge in [0.25, 0.3) is 0 Å². The largest absolute Gasteiger partial charge is 0.480 e.